The minimum atomic E-state index is 1.22. The molecule has 8 heteroatoms. The minimum Gasteiger partial charge on any atom is -0.140 e. The van der Waals surface area contributed by atoms with E-state index in [0.717, 1.165) is 0 Å². The molecule has 15 rings (SSSR count). The Morgan fingerprint density at radius 3 is 1.23 bits per heavy atom. The lowest BCUT2D eigenvalue weighted by Crippen LogP contribution is -1.99. The Morgan fingerprint density at radius 1 is 0.253 bits per heavy atom. The molecule has 0 radical (unpaired) electrons. The average molecular weight is 1350 g/mol. The third-order valence-corrected chi connectivity index (χ3v) is 28.6. The van der Waals surface area contributed by atoms with Crippen molar-refractivity contribution in [3.8, 4) is 33.4 Å². The Kier molecular flexibility index (Phi) is 22.3. The van der Waals surface area contributed by atoms with Gasteiger partial charge < -0.3 is 0 Å². The molecule has 0 saturated carbocycles. The molecule has 0 amide bonds. The van der Waals surface area contributed by atoms with Crippen molar-refractivity contribution in [2.45, 2.75) is 214 Å². The fraction of sp³-hybridized carbons (Fsp3) is 0.398. The summed E-state index contributed by atoms with van der Waals surface area (Å²) in [7, 11) is 0. The van der Waals surface area contributed by atoms with E-state index in [2.05, 4.69) is 162 Å². The van der Waals surface area contributed by atoms with Crippen LogP contribution < -0.4 is 0 Å². The molecule has 0 bridgehead atoms. The van der Waals surface area contributed by atoms with Gasteiger partial charge in [0, 0.05) is 89.4 Å². The van der Waals surface area contributed by atoms with E-state index in [1.807, 2.05) is 90.7 Å². The number of unbranched alkanes of at least 4 members (excludes halogenated alkanes) is 20. The van der Waals surface area contributed by atoms with Crippen LogP contribution in [0.25, 0.3) is 122 Å². The second-order valence-electron chi connectivity index (χ2n) is 26.1. The molecule has 8 aromatic heterocycles. The summed E-state index contributed by atoms with van der Waals surface area (Å²) in [4.78, 5) is 6.14. The first kappa shape index (κ1) is 64.9. The van der Waals surface area contributed by atoms with Gasteiger partial charge in [-0.1, -0.05) is 223 Å². The number of aryl methyl sites for hydroxylation is 5. The number of fused-ring (bicyclic) bond motifs is 19. The molecule has 91 heavy (non-hydrogen) atoms. The molecule has 0 atom stereocenters. The van der Waals surface area contributed by atoms with Crippen LogP contribution in [0.15, 0.2) is 127 Å². The van der Waals surface area contributed by atoms with Gasteiger partial charge >= 0.3 is 0 Å². The zero-order chi connectivity index (χ0) is 62.0. The lowest BCUT2D eigenvalue weighted by Gasteiger charge is -2.25. The highest BCUT2D eigenvalue weighted by Crippen LogP contribution is 2.56. The molecule has 0 fully saturated rings. The highest BCUT2D eigenvalue weighted by molar-refractivity contribution is 7.37. The second kappa shape index (κ2) is 31.2. The van der Waals surface area contributed by atoms with Gasteiger partial charge in [0.05, 0.1) is 18.8 Å². The van der Waals surface area contributed by atoms with Gasteiger partial charge in [-0.15, -0.1) is 90.7 Å². The van der Waals surface area contributed by atoms with E-state index in [0.29, 0.717) is 0 Å². The summed E-state index contributed by atoms with van der Waals surface area (Å²) < 4.78 is 17.6. The third kappa shape index (κ3) is 14.9. The molecular weight excluding hydrogens is 1250 g/mol. The molecule has 0 nitrogen and oxygen atoms in total. The van der Waals surface area contributed by atoms with Gasteiger partial charge in [-0.25, -0.2) is 0 Å². The quantitative estimate of drug-likeness (QED) is 0.0410. The van der Waals surface area contributed by atoms with Crippen LogP contribution >= 0.6 is 90.7 Å². The van der Waals surface area contributed by atoms with Gasteiger partial charge in [0.15, 0.2) is 0 Å². The summed E-state index contributed by atoms with van der Waals surface area (Å²) in [6, 6.07) is 49.2. The maximum atomic E-state index is 2.51. The maximum absolute atomic E-state index is 2.51. The second-order valence-corrected chi connectivity index (χ2v) is 35.1. The summed E-state index contributed by atoms with van der Waals surface area (Å²) in [5, 5.41) is 8.78. The Morgan fingerprint density at radius 2 is 0.692 bits per heavy atom. The Bertz CT molecular complexity index is 4570. The highest BCUT2D eigenvalue weighted by atomic mass is 32.1. The Labute approximate surface area is 574 Å². The largest absolute Gasteiger partial charge is 0.140 e. The topological polar surface area (TPSA) is 0 Å². The first-order chi connectivity index (χ1) is 44.9. The summed E-state index contributed by atoms with van der Waals surface area (Å²) in [5.74, 6) is 0. The van der Waals surface area contributed by atoms with E-state index in [4.69, 9.17) is 0 Å². The lowest BCUT2D eigenvalue weighted by molar-refractivity contribution is 0.575. The fourth-order valence-electron chi connectivity index (χ4n) is 14.0. The number of hydrogen-bond donors (Lipinski definition) is 0. The van der Waals surface area contributed by atoms with E-state index < -0.39 is 0 Å². The predicted molar refractivity (Wildman–Crippen MR) is 423 cm³/mol. The molecule has 472 valence electrons. The van der Waals surface area contributed by atoms with Gasteiger partial charge in [0.25, 0.3) is 0 Å². The van der Waals surface area contributed by atoms with Crippen LogP contribution in [0.5, 0.6) is 0 Å². The van der Waals surface area contributed by atoms with Crippen molar-refractivity contribution in [1.82, 2.24) is 0 Å². The van der Waals surface area contributed by atoms with Crippen LogP contribution in [0.3, 0.4) is 0 Å². The van der Waals surface area contributed by atoms with Gasteiger partial charge in [0.2, 0.25) is 0 Å². The highest BCUT2D eigenvalue weighted by Gasteiger charge is 2.28. The van der Waals surface area contributed by atoms with Crippen LogP contribution in [0.2, 0.25) is 0 Å². The van der Waals surface area contributed by atoms with Crippen LogP contribution in [0.4, 0.5) is 0 Å². The summed E-state index contributed by atoms with van der Waals surface area (Å²) in [6.45, 7) is 11.4. The van der Waals surface area contributed by atoms with Crippen molar-refractivity contribution in [2.75, 3.05) is 0 Å². The zero-order valence-electron chi connectivity index (χ0n) is 54.7. The minimum absolute atomic E-state index is 1.22. The first-order valence-corrected chi connectivity index (χ1v) is 41.7. The molecular formula is C83H92S8. The third-order valence-electron chi connectivity index (χ3n) is 19.0. The van der Waals surface area contributed by atoms with Crippen LogP contribution in [-0.4, -0.2) is 0 Å². The van der Waals surface area contributed by atoms with Crippen molar-refractivity contribution in [1.29, 1.82) is 0 Å². The van der Waals surface area contributed by atoms with Crippen molar-refractivity contribution in [2.24, 2.45) is 0 Å². The number of rotatable bonds is 29. The van der Waals surface area contributed by atoms with E-state index in [1.165, 1.54) is 312 Å². The summed E-state index contributed by atoms with van der Waals surface area (Å²) in [5.41, 5.74) is 10.1. The fourth-order valence-corrected chi connectivity index (χ4v) is 24.0. The van der Waals surface area contributed by atoms with Gasteiger partial charge in [0.1, 0.15) is 0 Å². The monoisotopic (exact) mass is 1340 g/mol. The SMILES string of the molecule is CCCCCCCCCCc1ccc2c(c1)sc1c3ccc(-c4ccccc4)cc3sc21.CCCCCCCCc1cc2c3c(ccc2s1)-c1c-3ccc2sc(CCCCCCCC)cc12.CCCCCCc1cc2sc3cc4c(cc3c2s1)sc1cc(C)sc14. The molecule has 1 aliphatic carbocycles. The molecule has 1 aliphatic rings. The molecule has 0 N–H and O–H groups in total. The smallest absolute Gasteiger partial charge is 0.0542 e. The van der Waals surface area contributed by atoms with E-state index in [9.17, 15) is 0 Å². The van der Waals surface area contributed by atoms with Crippen LogP contribution in [-0.2, 0) is 25.7 Å². The van der Waals surface area contributed by atoms with Gasteiger partial charge in [-0.05, 0) is 158 Å². The van der Waals surface area contributed by atoms with Crippen molar-refractivity contribution in [3.63, 3.8) is 0 Å². The van der Waals surface area contributed by atoms with E-state index in [-0.39, 0.29) is 0 Å². The van der Waals surface area contributed by atoms with Gasteiger partial charge in [-0.2, -0.15) is 0 Å². The summed E-state index contributed by atoms with van der Waals surface area (Å²) >= 11 is 15.9. The van der Waals surface area contributed by atoms with E-state index >= 15 is 0 Å². The Hall–Kier alpha value is -4.74. The standard InChI is InChI=1S/C32H40S2.C30H32S2.C21H20S4/c1-3-5-7-9-11-13-15-23-21-27-29(33-23)19-17-25-31(27)26-18-20-30-28(32(25)26)22-24(34-30)16-14-12-10-8-6-4-2;1-2-3-4-5-6-7-8-10-13-22-16-18-25-27(20-22)31-30-26-19-17-24(21-28(26)32-29(25)30)23-14-11-9-12-15-23;1-3-4-5-6-7-13-9-19-21(23-13)15-11-16-14(10-17(15)25-19)20-18(24-16)8-12(2)22-20/h17-22H,3-16H2,1-2H3;9,11-12,14-21H,2-8,10,13H2,1H3;8-11H,3-7H2,1-2H3. The van der Waals surface area contributed by atoms with Crippen molar-refractivity contribution < 1.29 is 0 Å². The molecule has 0 aliphatic heterocycles. The van der Waals surface area contributed by atoms with Crippen molar-refractivity contribution >= 4 is 179 Å². The van der Waals surface area contributed by atoms with Crippen molar-refractivity contribution in [3.05, 3.63) is 152 Å². The first-order valence-electron chi connectivity index (χ1n) is 35.2. The Balaban J connectivity index is 0.000000126. The van der Waals surface area contributed by atoms with E-state index in [1.54, 1.807) is 14.6 Å². The predicted octanol–water partition coefficient (Wildman–Crippen LogP) is 31.2. The molecule has 8 heterocycles. The average Bonchev–Trinajstić information content (AvgIpc) is 1.71. The molecule has 0 spiro atoms. The molecule has 0 saturated heterocycles. The number of hydrogen-bond acceptors (Lipinski definition) is 8. The molecule has 6 aromatic carbocycles. The van der Waals surface area contributed by atoms with Gasteiger partial charge in [-0.3, -0.25) is 0 Å². The maximum Gasteiger partial charge on any atom is 0.0542 e. The lowest BCUT2D eigenvalue weighted by atomic mass is 9.77. The molecule has 0 unspecified atom stereocenters. The normalized spacial score (nSPS) is 12.1. The zero-order valence-corrected chi connectivity index (χ0v) is 61.2. The van der Waals surface area contributed by atoms with Crippen LogP contribution in [0, 0.1) is 6.92 Å². The molecule has 14 aromatic rings. The number of benzene rings is 6. The summed E-state index contributed by atoms with van der Waals surface area (Å²) in [6.07, 6.45) is 38.0. The van der Waals surface area contributed by atoms with Crippen LogP contribution in [0.1, 0.15) is 207 Å². The number of thiophene rings is 8.